The van der Waals surface area contributed by atoms with E-state index in [1.54, 1.807) is 44.2 Å². The van der Waals surface area contributed by atoms with Crippen LogP contribution in [0.15, 0.2) is 42.5 Å². The molecule has 0 fully saturated rings. The van der Waals surface area contributed by atoms with E-state index in [2.05, 4.69) is 0 Å². The molecule has 0 saturated carbocycles. The quantitative estimate of drug-likeness (QED) is 0.810. The van der Waals surface area contributed by atoms with E-state index in [-0.39, 0.29) is 11.6 Å². The fourth-order valence-electron chi connectivity index (χ4n) is 3.04. The molecule has 0 amide bonds. The molecule has 2 aliphatic heterocycles. The van der Waals surface area contributed by atoms with Gasteiger partial charge in [-0.15, -0.1) is 0 Å². The van der Waals surface area contributed by atoms with Gasteiger partial charge in [-0.2, -0.15) is 0 Å². The maximum absolute atomic E-state index is 12.7. The minimum Gasteiger partial charge on any atom is -0.482 e. The van der Waals surface area contributed by atoms with Crippen LogP contribution in [0.5, 0.6) is 11.5 Å². The zero-order valence-electron chi connectivity index (χ0n) is 12.3. The van der Waals surface area contributed by atoms with Gasteiger partial charge in [-0.25, -0.2) is 0 Å². The molecule has 2 heterocycles. The van der Waals surface area contributed by atoms with Crippen LogP contribution >= 0.6 is 0 Å². The Morgan fingerprint density at radius 3 is 2.55 bits per heavy atom. The number of para-hydroxylation sites is 1. The van der Waals surface area contributed by atoms with E-state index in [1.165, 1.54) is 0 Å². The van der Waals surface area contributed by atoms with Crippen molar-refractivity contribution in [2.45, 2.75) is 25.6 Å². The number of fused-ring (bicyclic) bond motifs is 2. The zero-order valence-corrected chi connectivity index (χ0v) is 12.3. The smallest absolute Gasteiger partial charge is 0.214 e. The number of carbonyl (C=O) groups excluding carboxylic acids is 2. The monoisotopic (exact) mass is 294 g/mol. The predicted molar refractivity (Wildman–Crippen MR) is 79.6 cm³/mol. The average molecular weight is 294 g/mol. The van der Waals surface area contributed by atoms with E-state index < -0.39 is 11.7 Å². The van der Waals surface area contributed by atoms with Crippen LogP contribution in [0.2, 0.25) is 0 Å². The predicted octanol–water partition coefficient (Wildman–Crippen LogP) is 3.14. The minimum atomic E-state index is -1.09. The van der Waals surface area contributed by atoms with Gasteiger partial charge >= 0.3 is 0 Å². The van der Waals surface area contributed by atoms with Gasteiger partial charge in [0.2, 0.25) is 11.6 Å². The van der Waals surface area contributed by atoms with E-state index in [1.807, 2.05) is 12.1 Å². The first-order chi connectivity index (χ1) is 10.5. The Labute approximate surface area is 127 Å². The SMILES string of the molecule is CC1Oc2cc(C3(C)Oc4ccccc4C3=O)ccc2C1=O. The summed E-state index contributed by atoms with van der Waals surface area (Å²) < 4.78 is 11.5. The summed E-state index contributed by atoms with van der Waals surface area (Å²) in [7, 11) is 0. The van der Waals surface area contributed by atoms with Gasteiger partial charge in [0.25, 0.3) is 0 Å². The Morgan fingerprint density at radius 1 is 1.00 bits per heavy atom. The van der Waals surface area contributed by atoms with Gasteiger partial charge in [-0.05, 0) is 38.1 Å². The highest BCUT2D eigenvalue weighted by atomic mass is 16.5. The zero-order chi connectivity index (χ0) is 15.5. The summed E-state index contributed by atoms with van der Waals surface area (Å²) in [6.07, 6.45) is -0.476. The molecule has 4 nitrogen and oxygen atoms in total. The van der Waals surface area contributed by atoms with Gasteiger partial charge < -0.3 is 9.47 Å². The standard InChI is InChI=1S/C18H14O4/c1-10-16(19)12-8-7-11(9-15(12)21-10)18(2)17(20)13-5-3-4-6-14(13)22-18/h3-10H,1-2H3. The molecular formula is C18H14O4. The molecule has 0 aliphatic carbocycles. The number of ketones is 2. The maximum atomic E-state index is 12.7. The first-order valence-corrected chi connectivity index (χ1v) is 7.19. The highest BCUT2D eigenvalue weighted by molar-refractivity contribution is 6.08. The van der Waals surface area contributed by atoms with Gasteiger partial charge in [-0.1, -0.05) is 18.2 Å². The Bertz CT molecular complexity index is 824. The van der Waals surface area contributed by atoms with Crippen LogP contribution in [0.3, 0.4) is 0 Å². The summed E-state index contributed by atoms with van der Waals surface area (Å²) in [6.45, 7) is 3.47. The van der Waals surface area contributed by atoms with Gasteiger partial charge in [0.1, 0.15) is 11.5 Å². The van der Waals surface area contributed by atoms with Crippen LogP contribution in [0, 0.1) is 0 Å². The summed E-state index contributed by atoms with van der Waals surface area (Å²) >= 11 is 0. The largest absolute Gasteiger partial charge is 0.482 e. The topological polar surface area (TPSA) is 52.6 Å². The number of hydrogen-bond acceptors (Lipinski definition) is 4. The van der Waals surface area contributed by atoms with Gasteiger partial charge in [0.15, 0.2) is 11.7 Å². The molecule has 0 aromatic heterocycles. The normalized spacial score (nSPS) is 25.5. The fraction of sp³-hybridized carbons (Fsp3) is 0.222. The minimum absolute atomic E-state index is 0.0337. The van der Waals surface area contributed by atoms with E-state index in [0.717, 1.165) is 0 Å². The summed E-state index contributed by atoms with van der Waals surface area (Å²) in [6, 6.07) is 12.4. The van der Waals surface area contributed by atoms with Crippen LogP contribution in [0.4, 0.5) is 0 Å². The molecule has 2 aliphatic rings. The molecule has 2 aromatic carbocycles. The van der Waals surface area contributed by atoms with Crippen molar-refractivity contribution in [2.75, 3.05) is 0 Å². The van der Waals surface area contributed by atoms with Crippen molar-refractivity contribution in [3.05, 3.63) is 59.2 Å². The third kappa shape index (κ3) is 1.58. The summed E-state index contributed by atoms with van der Waals surface area (Å²) in [5.41, 5.74) is 0.741. The summed E-state index contributed by atoms with van der Waals surface area (Å²) in [4.78, 5) is 24.6. The Hall–Kier alpha value is -2.62. The van der Waals surface area contributed by atoms with Crippen LogP contribution in [-0.2, 0) is 5.60 Å². The van der Waals surface area contributed by atoms with E-state index in [9.17, 15) is 9.59 Å². The van der Waals surface area contributed by atoms with Crippen LogP contribution in [-0.4, -0.2) is 17.7 Å². The number of benzene rings is 2. The van der Waals surface area contributed by atoms with Crippen molar-refractivity contribution >= 4 is 11.6 Å². The average Bonchev–Trinajstić information content (AvgIpc) is 2.95. The first kappa shape index (κ1) is 13.1. The third-order valence-corrected chi connectivity index (χ3v) is 4.35. The van der Waals surface area contributed by atoms with Crippen molar-refractivity contribution in [1.29, 1.82) is 0 Å². The van der Waals surface area contributed by atoms with Gasteiger partial charge in [0, 0.05) is 5.56 Å². The van der Waals surface area contributed by atoms with Crippen molar-refractivity contribution in [3.63, 3.8) is 0 Å². The van der Waals surface area contributed by atoms with Gasteiger partial charge in [0.05, 0.1) is 11.1 Å². The van der Waals surface area contributed by atoms with Crippen molar-refractivity contribution in [2.24, 2.45) is 0 Å². The van der Waals surface area contributed by atoms with E-state index in [0.29, 0.717) is 28.2 Å². The Morgan fingerprint density at radius 2 is 1.77 bits per heavy atom. The third-order valence-electron chi connectivity index (χ3n) is 4.35. The molecule has 2 aromatic rings. The lowest BCUT2D eigenvalue weighted by molar-refractivity contribution is 0.0618. The molecule has 22 heavy (non-hydrogen) atoms. The summed E-state index contributed by atoms with van der Waals surface area (Å²) in [5.74, 6) is 0.985. The Balaban J connectivity index is 1.80. The number of rotatable bonds is 1. The lowest BCUT2D eigenvalue weighted by atomic mass is 9.89. The molecule has 0 N–H and O–H groups in total. The van der Waals surface area contributed by atoms with Crippen LogP contribution in [0.25, 0.3) is 0 Å². The van der Waals surface area contributed by atoms with Crippen LogP contribution in [0.1, 0.15) is 40.1 Å². The summed E-state index contributed by atoms with van der Waals surface area (Å²) in [5, 5.41) is 0. The molecular weight excluding hydrogens is 280 g/mol. The van der Waals surface area contributed by atoms with Crippen molar-refractivity contribution in [3.8, 4) is 11.5 Å². The molecule has 0 radical (unpaired) electrons. The maximum Gasteiger partial charge on any atom is 0.214 e. The van der Waals surface area contributed by atoms with Gasteiger partial charge in [-0.3, -0.25) is 9.59 Å². The molecule has 2 unspecified atom stereocenters. The first-order valence-electron chi connectivity index (χ1n) is 7.19. The number of Topliss-reactive ketones (excluding diaryl/α,β-unsaturated/α-hetero) is 2. The number of ether oxygens (including phenoxy) is 2. The molecule has 110 valence electrons. The lowest BCUT2D eigenvalue weighted by Crippen LogP contribution is -2.33. The van der Waals surface area contributed by atoms with Crippen molar-refractivity contribution < 1.29 is 19.1 Å². The molecule has 2 atom stereocenters. The Kier molecular flexibility index (Phi) is 2.49. The second kappa shape index (κ2) is 4.19. The second-order valence-electron chi connectivity index (χ2n) is 5.80. The van der Waals surface area contributed by atoms with E-state index in [4.69, 9.17) is 9.47 Å². The highest BCUT2D eigenvalue weighted by Crippen LogP contribution is 2.43. The number of hydrogen-bond donors (Lipinski definition) is 0. The molecule has 0 spiro atoms. The lowest BCUT2D eigenvalue weighted by Gasteiger charge is -2.23. The molecule has 0 saturated heterocycles. The molecule has 4 rings (SSSR count). The van der Waals surface area contributed by atoms with E-state index >= 15 is 0 Å². The van der Waals surface area contributed by atoms with Crippen LogP contribution < -0.4 is 9.47 Å². The highest BCUT2D eigenvalue weighted by Gasteiger charge is 2.46. The fourth-order valence-corrected chi connectivity index (χ4v) is 3.04. The molecule has 4 heteroatoms. The molecule has 0 bridgehead atoms. The van der Waals surface area contributed by atoms with Crippen molar-refractivity contribution in [1.82, 2.24) is 0 Å². The number of carbonyl (C=O) groups is 2. The second-order valence-corrected chi connectivity index (χ2v) is 5.80.